The van der Waals surface area contributed by atoms with Gasteiger partial charge >= 0.3 is 5.97 Å². The van der Waals surface area contributed by atoms with E-state index in [9.17, 15) is 18.0 Å². The summed E-state index contributed by atoms with van der Waals surface area (Å²) >= 11 is 0. The number of nitrogens with one attached hydrogen (secondary N) is 1. The van der Waals surface area contributed by atoms with Crippen molar-refractivity contribution in [2.45, 2.75) is 37.3 Å². The minimum Gasteiger partial charge on any atom is -0.484 e. The molecule has 1 amide bonds. The molecular formula is C22H26N2O7S. The number of carbonyl (C=O) groups is 2. The van der Waals surface area contributed by atoms with Crippen LogP contribution in [0.1, 0.15) is 20.3 Å². The minimum absolute atomic E-state index is 0.00958. The molecule has 0 aromatic heterocycles. The Labute approximate surface area is 187 Å². The van der Waals surface area contributed by atoms with Crippen molar-refractivity contribution in [1.82, 2.24) is 4.72 Å². The normalized spacial score (nSPS) is 16.5. The molecule has 0 fully saturated rings. The molecule has 0 radical (unpaired) electrons. The molecule has 10 heteroatoms. The van der Waals surface area contributed by atoms with Gasteiger partial charge in [-0.2, -0.15) is 0 Å². The lowest BCUT2D eigenvalue weighted by atomic mass is 10.2. The molecule has 2 aromatic carbocycles. The van der Waals surface area contributed by atoms with Gasteiger partial charge in [0.2, 0.25) is 16.1 Å². The van der Waals surface area contributed by atoms with Crippen molar-refractivity contribution < 1.29 is 32.2 Å². The number of hydrogen-bond donors (Lipinski definition) is 1. The van der Waals surface area contributed by atoms with Crippen molar-refractivity contribution in [3.63, 3.8) is 0 Å². The predicted octanol–water partition coefficient (Wildman–Crippen LogP) is 2.11. The van der Waals surface area contributed by atoms with Crippen LogP contribution in [0.3, 0.4) is 0 Å². The molecule has 0 saturated carbocycles. The largest absolute Gasteiger partial charge is 0.484 e. The van der Waals surface area contributed by atoms with Crippen LogP contribution in [0.15, 0.2) is 53.4 Å². The summed E-state index contributed by atoms with van der Waals surface area (Å²) in [6, 6.07) is 12.5. The molecule has 1 aliphatic rings. The van der Waals surface area contributed by atoms with Crippen LogP contribution in [0.2, 0.25) is 0 Å². The van der Waals surface area contributed by atoms with Crippen LogP contribution in [0.25, 0.3) is 0 Å². The highest BCUT2D eigenvalue weighted by Crippen LogP contribution is 2.33. The molecule has 3 rings (SSSR count). The highest BCUT2D eigenvalue weighted by atomic mass is 32.2. The monoisotopic (exact) mass is 462 g/mol. The maximum atomic E-state index is 12.9. The lowest BCUT2D eigenvalue weighted by Gasteiger charge is -2.33. The first-order valence-corrected chi connectivity index (χ1v) is 11.6. The number of carbonyl (C=O) groups excluding carboxylic acids is 2. The maximum absolute atomic E-state index is 12.9. The summed E-state index contributed by atoms with van der Waals surface area (Å²) in [6.45, 7) is 3.36. The summed E-state index contributed by atoms with van der Waals surface area (Å²) < 4.78 is 43.2. The highest BCUT2D eigenvalue weighted by molar-refractivity contribution is 7.89. The van der Waals surface area contributed by atoms with Crippen LogP contribution in [0, 0.1) is 0 Å². The van der Waals surface area contributed by atoms with Gasteiger partial charge in [-0.3, -0.25) is 4.79 Å². The van der Waals surface area contributed by atoms with E-state index < -0.39 is 22.1 Å². The van der Waals surface area contributed by atoms with E-state index in [-0.39, 0.29) is 30.0 Å². The van der Waals surface area contributed by atoms with E-state index in [1.807, 2.05) is 6.92 Å². The number of hydrogen-bond acceptors (Lipinski definition) is 7. The van der Waals surface area contributed by atoms with Crippen LogP contribution < -0.4 is 19.1 Å². The Bertz CT molecular complexity index is 1070. The van der Waals surface area contributed by atoms with Gasteiger partial charge in [0, 0.05) is 6.04 Å². The Morgan fingerprint density at radius 2 is 1.88 bits per heavy atom. The number of amides is 1. The zero-order chi connectivity index (χ0) is 23.3. The molecule has 2 aromatic rings. The number of sulfonamides is 1. The van der Waals surface area contributed by atoms with Crippen molar-refractivity contribution in [3.8, 4) is 11.5 Å². The number of fused-ring (bicyclic) bond motifs is 1. The summed E-state index contributed by atoms with van der Waals surface area (Å²) in [4.78, 5) is 26.3. The van der Waals surface area contributed by atoms with Gasteiger partial charge in [-0.25, -0.2) is 17.9 Å². The Balaban J connectivity index is 1.68. The molecule has 0 spiro atoms. The van der Waals surface area contributed by atoms with Gasteiger partial charge in [-0.1, -0.05) is 19.1 Å². The molecule has 32 heavy (non-hydrogen) atoms. The van der Waals surface area contributed by atoms with Crippen molar-refractivity contribution in [2.75, 3.05) is 25.2 Å². The van der Waals surface area contributed by atoms with E-state index in [1.54, 1.807) is 31.2 Å². The Morgan fingerprint density at radius 3 is 2.53 bits per heavy atom. The molecule has 1 N–H and O–H groups in total. The zero-order valence-electron chi connectivity index (χ0n) is 18.1. The Hall–Kier alpha value is -3.11. The number of nitrogens with zero attached hydrogens (tertiary/aromatic N) is 1. The van der Waals surface area contributed by atoms with Gasteiger partial charge in [0.15, 0.2) is 6.61 Å². The van der Waals surface area contributed by atoms with Crippen LogP contribution in [0.5, 0.6) is 11.5 Å². The fourth-order valence-corrected chi connectivity index (χ4v) is 4.41. The second-order valence-electron chi connectivity index (χ2n) is 7.29. The molecule has 0 bridgehead atoms. The van der Waals surface area contributed by atoms with Crippen molar-refractivity contribution in [2.24, 2.45) is 0 Å². The van der Waals surface area contributed by atoms with Gasteiger partial charge < -0.3 is 19.1 Å². The number of para-hydroxylation sites is 2. The number of ether oxygens (including phenoxy) is 3. The molecular weight excluding hydrogens is 436 g/mol. The molecule has 1 heterocycles. The van der Waals surface area contributed by atoms with E-state index >= 15 is 0 Å². The van der Waals surface area contributed by atoms with Crippen molar-refractivity contribution in [1.29, 1.82) is 0 Å². The SMILES string of the molecule is CC[C@H](C)NS(=O)(=O)c1ccc(OCC(=O)N2C[C@H](C(=O)OC)Oc3ccccc32)cc1. The quantitative estimate of drug-likeness (QED) is 0.598. The number of esters is 1. The molecule has 9 nitrogen and oxygen atoms in total. The maximum Gasteiger partial charge on any atom is 0.348 e. The van der Waals surface area contributed by atoms with E-state index in [1.165, 1.54) is 36.3 Å². The number of methoxy groups -OCH3 is 1. The first-order chi connectivity index (χ1) is 15.2. The summed E-state index contributed by atoms with van der Waals surface area (Å²) in [7, 11) is -2.37. The smallest absolute Gasteiger partial charge is 0.348 e. The second-order valence-corrected chi connectivity index (χ2v) is 9.01. The molecule has 1 aliphatic heterocycles. The van der Waals surface area contributed by atoms with Crippen LogP contribution in [-0.4, -0.2) is 52.7 Å². The summed E-state index contributed by atoms with van der Waals surface area (Å²) in [5.41, 5.74) is 0.527. The average Bonchev–Trinajstić information content (AvgIpc) is 2.81. The predicted molar refractivity (Wildman–Crippen MR) is 117 cm³/mol. The van der Waals surface area contributed by atoms with Gasteiger partial charge in [0.25, 0.3) is 5.91 Å². The number of anilines is 1. The third-order valence-corrected chi connectivity index (χ3v) is 6.61. The summed E-state index contributed by atoms with van der Waals surface area (Å²) in [5, 5.41) is 0. The Morgan fingerprint density at radius 1 is 1.19 bits per heavy atom. The molecule has 172 valence electrons. The summed E-state index contributed by atoms with van der Waals surface area (Å²) in [5.74, 6) is -0.233. The third kappa shape index (κ3) is 5.38. The van der Waals surface area contributed by atoms with Crippen molar-refractivity contribution in [3.05, 3.63) is 48.5 Å². The fourth-order valence-electron chi connectivity index (χ4n) is 3.08. The average molecular weight is 463 g/mol. The lowest BCUT2D eigenvalue weighted by Crippen LogP contribution is -2.48. The Kier molecular flexibility index (Phi) is 7.37. The number of rotatable bonds is 8. The third-order valence-electron chi connectivity index (χ3n) is 5.00. The summed E-state index contributed by atoms with van der Waals surface area (Å²) in [6.07, 6.45) is -0.273. The zero-order valence-corrected chi connectivity index (χ0v) is 18.9. The van der Waals surface area contributed by atoms with E-state index in [4.69, 9.17) is 14.2 Å². The van der Waals surface area contributed by atoms with Crippen LogP contribution in [0.4, 0.5) is 5.69 Å². The van der Waals surface area contributed by atoms with Crippen molar-refractivity contribution >= 4 is 27.6 Å². The lowest BCUT2D eigenvalue weighted by molar-refractivity contribution is -0.148. The van der Waals surface area contributed by atoms with Gasteiger partial charge in [-0.05, 0) is 49.7 Å². The molecule has 0 aliphatic carbocycles. The van der Waals surface area contributed by atoms with E-state index in [0.717, 1.165) is 0 Å². The fraction of sp³-hybridized carbons (Fsp3) is 0.364. The van der Waals surface area contributed by atoms with E-state index in [0.29, 0.717) is 23.6 Å². The minimum atomic E-state index is -3.63. The van der Waals surface area contributed by atoms with Gasteiger partial charge in [-0.15, -0.1) is 0 Å². The molecule has 2 atom stereocenters. The van der Waals surface area contributed by atoms with E-state index in [2.05, 4.69) is 4.72 Å². The highest BCUT2D eigenvalue weighted by Gasteiger charge is 2.34. The van der Waals surface area contributed by atoms with Gasteiger partial charge in [0.05, 0.1) is 24.2 Å². The van der Waals surface area contributed by atoms with Crippen LogP contribution in [-0.2, 0) is 24.3 Å². The standard InChI is InChI=1S/C22H26N2O7S/c1-4-15(2)23-32(27,28)17-11-9-16(10-12-17)30-14-21(25)24-13-20(22(26)29-3)31-19-8-6-5-7-18(19)24/h5-12,15,20,23H,4,13-14H2,1-3H3/t15-,20+/m0/s1. The topological polar surface area (TPSA) is 111 Å². The second kappa shape index (κ2) is 10.0. The first-order valence-electron chi connectivity index (χ1n) is 10.1. The first kappa shape index (κ1) is 23.6. The molecule has 0 saturated heterocycles. The van der Waals surface area contributed by atoms with Crippen LogP contribution >= 0.6 is 0 Å². The molecule has 0 unspecified atom stereocenters. The number of benzene rings is 2. The van der Waals surface area contributed by atoms with Gasteiger partial charge in [0.1, 0.15) is 11.5 Å².